The molecule has 0 saturated heterocycles. The summed E-state index contributed by atoms with van der Waals surface area (Å²) in [6.07, 6.45) is -0.619. The van der Waals surface area contributed by atoms with Crippen LogP contribution in [0.3, 0.4) is 0 Å². The molecule has 1 unspecified atom stereocenters. The van der Waals surface area contributed by atoms with Crippen LogP contribution in [0.4, 0.5) is 0 Å². The highest BCUT2D eigenvalue weighted by atomic mass is 32.2. The number of carbonyl (C=O) groups is 1. The first kappa shape index (κ1) is 13.3. The Bertz CT molecular complexity index is 274. The van der Waals surface area contributed by atoms with Crippen molar-refractivity contribution < 1.29 is 23.1 Å². The summed E-state index contributed by atoms with van der Waals surface area (Å²) in [7, 11) is -2.02. The van der Waals surface area contributed by atoms with Crippen molar-refractivity contribution in [3.63, 3.8) is 0 Å². The summed E-state index contributed by atoms with van der Waals surface area (Å²) in [6.45, 7) is 1.86. The molecule has 1 atom stereocenters. The molecule has 0 saturated carbocycles. The van der Waals surface area contributed by atoms with E-state index in [0.717, 1.165) is 0 Å². The summed E-state index contributed by atoms with van der Waals surface area (Å²) in [5.74, 6) is -1.53. The van der Waals surface area contributed by atoms with Gasteiger partial charge in [0, 0.05) is 13.7 Å². The summed E-state index contributed by atoms with van der Waals surface area (Å²) in [5.41, 5.74) is 0. The van der Waals surface area contributed by atoms with Crippen LogP contribution in [0.15, 0.2) is 0 Å². The van der Waals surface area contributed by atoms with Gasteiger partial charge in [0.1, 0.15) is 0 Å². The Balaban J connectivity index is 3.90. The summed E-state index contributed by atoms with van der Waals surface area (Å²) >= 11 is 0. The highest BCUT2D eigenvalue weighted by Gasteiger charge is 2.13. The molecule has 0 bridgehead atoms. The number of carboxylic acids is 1. The molecule has 0 aliphatic heterocycles. The molecule has 0 aliphatic rings. The van der Waals surface area contributed by atoms with Crippen molar-refractivity contribution in [3.8, 4) is 0 Å². The lowest BCUT2D eigenvalue weighted by Gasteiger charge is -2.10. The number of sulfonamides is 1. The lowest BCUT2D eigenvalue weighted by molar-refractivity contribution is -0.136. The zero-order valence-electron chi connectivity index (χ0n) is 8.19. The molecule has 14 heavy (non-hydrogen) atoms. The van der Waals surface area contributed by atoms with E-state index in [9.17, 15) is 13.2 Å². The number of nitrogens with one attached hydrogen (secondary N) is 1. The third-order valence-electron chi connectivity index (χ3n) is 1.58. The summed E-state index contributed by atoms with van der Waals surface area (Å²) in [4.78, 5) is 10.1. The largest absolute Gasteiger partial charge is 0.481 e. The molecule has 0 aromatic rings. The second-order valence-corrected chi connectivity index (χ2v) is 4.78. The van der Waals surface area contributed by atoms with E-state index in [-0.39, 0.29) is 12.6 Å². The molecule has 84 valence electrons. The molecule has 0 aliphatic carbocycles. The molecule has 0 radical (unpaired) electrons. The van der Waals surface area contributed by atoms with Crippen LogP contribution in [0.5, 0.6) is 0 Å². The van der Waals surface area contributed by atoms with Gasteiger partial charge in [-0.2, -0.15) is 0 Å². The van der Waals surface area contributed by atoms with Crippen LogP contribution in [0, 0.1) is 0 Å². The normalized spacial score (nSPS) is 13.9. The summed E-state index contributed by atoms with van der Waals surface area (Å²) < 4.78 is 29.3. The Kier molecular flexibility index (Phi) is 5.66. The molecule has 0 amide bonds. The molecule has 2 N–H and O–H groups in total. The van der Waals surface area contributed by atoms with Gasteiger partial charge in [-0.1, -0.05) is 0 Å². The first-order chi connectivity index (χ1) is 6.37. The minimum Gasteiger partial charge on any atom is -0.481 e. The van der Waals surface area contributed by atoms with Crippen molar-refractivity contribution >= 4 is 16.0 Å². The topological polar surface area (TPSA) is 92.7 Å². The number of aliphatic carboxylic acids is 1. The number of ether oxygens (including phenoxy) is 1. The maximum absolute atomic E-state index is 11.1. The number of carboxylic acid groups (broad SMARTS) is 1. The molecule has 0 aromatic carbocycles. The zero-order valence-corrected chi connectivity index (χ0v) is 9.00. The van der Waals surface area contributed by atoms with Gasteiger partial charge in [-0.05, 0) is 6.92 Å². The van der Waals surface area contributed by atoms with Gasteiger partial charge in [-0.25, -0.2) is 13.1 Å². The van der Waals surface area contributed by atoms with Gasteiger partial charge in [-0.15, -0.1) is 0 Å². The first-order valence-corrected chi connectivity index (χ1v) is 5.74. The number of hydrogen-bond acceptors (Lipinski definition) is 4. The van der Waals surface area contributed by atoms with E-state index in [1.54, 1.807) is 6.92 Å². The molecule has 0 heterocycles. The molecule has 6 nitrogen and oxygen atoms in total. The number of methoxy groups -OCH3 is 1. The zero-order chi connectivity index (χ0) is 11.2. The Hall–Kier alpha value is -0.660. The first-order valence-electron chi connectivity index (χ1n) is 4.09. The molecular formula is C7H15NO5S. The van der Waals surface area contributed by atoms with Crippen LogP contribution in [-0.4, -0.2) is 45.0 Å². The Labute approximate surface area is 83.3 Å². The van der Waals surface area contributed by atoms with Crippen LogP contribution in [0.25, 0.3) is 0 Å². The van der Waals surface area contributed by atoms with Gasteiger partial charge >= 0.3 is 5.97 Å². The number of rotatable bonds is 7. The third kappa shape index (κ3) is 6.81. The lowest BCUT2D eigenvalue weighted by Crippen LogP contribution is -2.33. The quantitative estimate of drug-likeness (QED) is 0.604. The van der Waals surface area contributed by atoms with Crippen molar-refractivity contribution in [1.82, 2.24) is 4.72 Å². The monoisotopic (exact) mass is 225 g/mol. The summed E-state index contributed by atoms with van der Waals surface area (Å²) in [6, 6.07) is 0. The van der Waals surface area contributed by atoms with Crippen molar-refractivity contribution in [2.24, 2.45) is 0 Å². The van der Waals surface area contributed by atoms with E-state index < -0.39 is 28.2 Å². The van der Waals surface area contributed by atoms with Crippen LogP contribution in [0.1, 0.15) is 13.3 Å². The van der Waals surface area contributed by atoms with Crippen LogP contribution in [0.2, 0.25) is 0 Å². The minimum absolute atomic E-state index is 0.151. The van der Waals surface area contributed by atoms with Crippen molar-refractivity contribution in [3.05, 3.63) is 0 Å². The van der Waals surface area contributed by atoms with Crippen LogP contribution < -0.4 is 4.72 Å². The Morgan fingerprint density at radius 2 is 2.14 bits per heavy atom. The molecule has 0 fully saturated rings. The average Bonchev–Trinajstić information content (AvgIpc) is 2.11. The Morgan fingerprint density at radius 1 is 1.57 bits per heavy atom. The molecule has 7 heteroatoms. The minimum atomic E-state index is -3.49. The van der Waals surface area contributed by atoms with E-state index in [1.807, 2.05) is 0 Å². The van der Waals surface area contributed by atoms with Gasteiger partial charge in [0.05, 0.1) is 18.3 Å². The van der Waals surface area contributed by atoms with Gasteiger partial charge in [-0.3, -0.25) is 4.79 Å². The predicted molar refractivity (Wildman–Crippen MR) is 50.5 cm³/mol. The molecule has 0 rings (SSSR count). The highest BCUT2D eigenvalue weighted by Crippen LogP contribution is 1.92. The second kappa shape index (κ2) is 5.94. The van der Waals surface area contributed by atoms with Crippen molar-refractivity contribution in [2.45, 2.75) is 19.4 Å². The fraction of sp³-hybridized carbons (Fsp3) is 0.857. The summed E-state index contributed by atoms with van der Waals surface area (Å²) in [5, 5.41) is 8.28. The SMILES string of the molecule is COC(C)CNS(=O)(=O)CCC(=O)O. The van der Waals surface area contributed by atoms with Gasteiger partial charge in [0.25, 0.3) is 0 Å². The van der Waals surface area contributed by atoms with E-state index in [1.165, 1.54) is 7.11 Å². The van der Waals surface area contributed by atoms with E-state index >= 15 is 0 Å². The molecular weight excluding hydrogens is 210 g/mol. The lowest BCUT2D eigenvalue weighted by atomic mass is 10.4. The second-order valence-electron chi connectivity index (χ2n) is 2.86. The standard InChI is InChI=1S/C7H15NO5S/c1-6(13-2)5-8-14(11,12)4-3-7(9)10/h6,8H,3-5H2,1-2H3,(H,9,10). The highest BCUT2D eigenvalue weighted by molar-refractivity contribution is 7.89. The molecule has 0 spiro atoms. The van der Waals surface area contributed by atoms with Crippen molar-refractivity contribution in [2.75, 3.05) is 19.4 Å². The third-order valence-corrected chi connectivity index (χ3v) is 2.93. The van der Waals surface area contributed by atoms with E-state index in [0.29, 0.717) is 0 Å². The average molecular weight is 225 g/mol. The predicted octanol–water partition coefficient (Wildman–Crippen LogP) is -0.585. The van der Waals surface area contributed by atoms with Crippen LogP contribution in [-0.2, 0) is 19.6 Å². The van der Waals surface area contributed by atoms with Crippen LogP contribution >= 0.6 is 0 Å². The van der Waals surface area contributed by atoms with E-state index in [4.69, 9.17) is 9.84 Å². The van der Waals surface area contributed by atoms with Crippen molar-refractivity contribution in [1.29, 1.82) is 0 Å². The maximum Gasteiger partial charge on any atom is 0.304 e. The van der Waals surface area contributed by atoms with Gasteiger partial charge < -0.3 is 9.84 Å². The number of hydrogen-bond donors (Lipinski definition) is 2. The molecule has 0 aromatic heterocycles. The van der Waals surface area contributed by atoms with Gasteiger partial charge in [0.15, 0.2) is 0 Å². The fourth-order valence-corrected chi connectivity index (χ4v) is 1.70. The van der Waals surface area contributed by atoms with E-state index in [2.05, 4.69) is 4.72 Å². The van der Waals surface area contributed by atoms with Gasteiger partial charge in [0.2, 0.25) is 10.0 Å². The fourth-order valence-electron chi connectivity index (χ4n) is 0.621. The smallest absolute Gasteiger partial charge is 0.304 e. The maximum atomic E-state index is 11.1. The Morgan fingerprint density at radius 3 is 2.57 bits per heavy atom.